The van der Waals surface area contributed by atoms with E-state index < -0.39 is 23.3 Å². The lowest BCUT2D eigenvalue weighted by atomic mass is 10.1. The van der Waals surface area contributed by atoms with Gasteiger partial charge < -0.3 is 4.74 Å². The average Bonchev–Trinajstić information content (AvgIpc) is 2.54. The molecule has 2 aromatic carbocycles. The van der Waals surface area contributed by atoms with Gasteiger partial charge in [0, 0.05) is 11.6 Å². The number of halogens is 2. The van der Waals surface area contributed by atoms with Crippen LogP contribution in [0.3, 0.4) is 0 Å². The van der Waals surface area contributed by atoms with Gasteiger partial charge in [-0.25, -0.2) is 4.79 Å². The molecular weight excluding hydrogens is 345 g/mol. The second-order valence-electron chi connectivity index (χ2n) is 4.40. The zero-order valence-electron chi connectivity index (χ0n) is 11.5. The van der Waals surface area contributed by atoms with E-state index in [1.807, 2.05) is 0 Å². The van der Waals surface area contributed by atoms with Gasteiger partial charge in [-0.2, -0.15) is 0 Å². The van der Waals surface area contributed by atoms with E-state index in [9.17, 15) is 19.7 Å². The zero-order valence-corrected chi connectivity index (χ0v) is 13.0. The van der Waals surface area contributed by atoms with Crippen LogP contribution in [0.5, 0.6) is 0 Å². The summed E-state index contributed by atoms with van der Waals surface area (Å²) in [6, 6.07) is 9.56. The van der Waals surface area contributed by atoms with E-state index in [1.54, 1.807) is 0 Å². The van der Waals surface area contributed by atoms with Crippen LogP contribution in [0.25, 0.3) is 0 Å². The molecule has 0 aliphatic rings. The van der Waals surface area contributed by atoms with Gasteiger partial charge in [-0.15, -0.1) is 0 Å². The Hall–Kier alpha value is -2.44. The summed E-state index contributed by atoms with van der Waals surface area (Å²) in [5.74, 6) is -1.46. The minimum absolute atomic E-state index is 0.197. The molecule has 0 N–H and O–H groups in total. The quantitative estimate of drug-likeness (QED) is 0.351. The molecule has 0 saturated carbocycles. The molecule has 0 aliphatic heterocycles. The first-order chi connectivity index (χ1) is 10.9. The summed E-state index contributed by atoms with van der Waals surface area (Å²) in [5.41, 5.74) is -0.395. The highest BCUT2D eigenvalue weighted by atomic mass is 35.5. The fourth-order valence-electron chi connectivity index (χ4n) is 1.77. The van der Waals surface area contributed by atoms with E-state index in [0.717, 1.165) is 0 Å². The van der Waals surface area contributed by atoms with Crippen LogP contribution in [0.15, 0.2) is 42.5 Å². The first-order valence-electron chi connectivity index (χ1n) is 6.29. The molecule has 0 aliphatic carbocycles. The monoisotopic (exact) mass is 353 g/mol. The number of hydrogen-bond acceptors (Lipinski definition) is 5. The lowest BCUT2D eigenvalue weighted by Gasteiger charge is -2.05. The molecular formula is C15H9Cl2NO5. The van der Waals surface area contributed by atoms with E-state index in [1.165, 1.54) is 42.5 Å². The van der Waals surface area contributed by atoms with Crippen molar-refractivity contribution >= 4 is 40.6 Å². The van der Waals surface area contributed by atoms with E-state index in [4.69, 9.17) is 27.9 Å². The number of hydrogen-bond donors (Lipinski definition) is 0. The number of nitrogens with zero attached hydrogens (tertiary/aromatic N) is 1. The van der Waals surface area contributed by atoms with Gasteiger partial charge in [-0.3, -0.25) is 14.9 Å². The Kier molecular flexibility index (Phi) is 5.31. The number of benzene rings is 2. The average molecular weight is 354 g/mol. The van der Waals surface area contributed by atoms with Gasteiger partial charge in [-0.05, 0) is 24.3 Å². The molecule has 0 fully saturated rings. The van der Waals surface area contributed by atoms with Crippen molar-refractivity contribution in [2.45, 2.75) is 0 Å². The van der Waals surface area contributed by atoms with Crippen LogP contribution in [0.4, 0.5) is 5.69 Å². The molecule has 0 aromatic heterocycles. The minimum Gasteiger partial charge on any atom is -0.454 e. The molecule has 23 heavy (non-hydrogen) atoms. The van der Waals surface area contributed by atoms with Crippen LogP contribution in [0.2, 0.25) is 10.0 Å². The van der Waals surface area contributed by atoms with Crippen molar-refractivity contribution in [1.29, 1.82) is 0 Å². The minimum atomic E-state index is -0.953. The van der Waals surface area contributed by atoms with Gasteiger partial charge in [0.2, 0.25) is 0 Å². The van der Waals surface area contributed by atoms with Crippen LogP contribution in [-0.4, -0.2) is 23.3 Å². The van der Waals surface area contributed by atoms with E-state index in [2.05, 4.69) is 0 Å². The highest BCUT2D eigenvalue weighted by Crippen LogP contribution is 2.23. The second-order valence-corrected chi connectivity index (χ2v) is 5.22. The van der Waals surface area contributed by atoms with Gasteiger partial charge in [0.15, 0.2) is 12.4 Å². The molecule has 0 spiro atoms. The summed E-state index contributed by atoms with van der Waals surface area (Å²) in [5, 5.41) is 11.3. The summed E-state index contributed by atoms with van der Waals surface area (Å²) in [6.07, 6.45) is 0. The smallest absolute Gasteiger partial charge is 0.345 e. The normalized spacial score (nSPS) is 10.2. The van der Waals surface area contributed by atoms with Gasteiger partial charge in [0.25, 0.3) is 5.69 Å². The van der Waals surface area contributed by atoms with Crippen molar-refractivity contribution in [3.05, 3.63) is 73.8 Å². The van der Waals surface area contributed by atoms with E-state index >= 15 is 0 Å². The standard InChI is InChI=1S/C15H9Cl2NO5/c16-11-6-5-9(7-12(11)17)14(19)8-23-15(20)10-3-1-2-4-13(10)18(21)22/h1-7H,8H2. The molecule has 118 valence electrons. The molecule has 2 rings (SSSR count). The molecule has 0 atom stereocenters. The summed E-state index contributed by atoms with van der Waals surface area (Å²) in [6.45, 7) is -0.567. The van der Waals surface area contributed by atoms with Crippen molar-refractivity contribution in [3.8, 4) is 0 Å². The SMILES string of the molecule is O=C(COC(=O)c1ccccc1[N+](=O)[O-])c1ccc(Cl)c(Cl)c1. The molecule has 2 aromatic rings. The van der Waals surface area contributed by atoms with Crippen LogP contribution in [0, 0.1) is 10.1 Å². The highest BCUT2D eigenvalue weighted by Gasteiger charge is 2.21. The van der Waals surface area contributed by atoms with Crippen LogP contribution in [0.1, 0.15) is 20.7 Å². The number of carbonyl (C=O) groups is 2. The number of esters is 1. The summed E-state index contributed by atoms with van der Waals surface area (Å²) < 4.78 is 4.84. The first kappa shape index (κ1) is 16.9. The highest BCUT2D eigenvalue weighted by molar-refractivity contribution is 6.42. The van der Waals surface area contributed by atoms with E-state index in [0.29, 0.717) is 5.02 Å². The lowest BCUT2D eigenvalue weighted by molar-refractivity contribution is -0.385. The third-order valence-corrected chi connectivity index (χ3v) is 3.64. The third-order valence-electron chi connectivity index (χ3n) is 2.90. The number of ketones is 1. The number of carbonyl (C=O) groups excluding carboxylic acids is 2. The summed E-state index contributed by atoms with van der Waals surface area (Å²) in [4.78, 5) is 34.0. The Morgan fingerprint density at radius 1 is 1.09 bits per heavy atom. The number of ether oxygens (including phenoxy) is 1. The van der Waals surface area contributed by atoms with Crippen molar-refractivity contribution in [2.24, 2.45) is 0 Å². The third kappa shape index (κ3) is 4.06. The Morgan fingerprint density at radius 3 is 2.43 bits per heavy atom. The van der Waals surface area contributed by atoms with E-state index in [-0.39, 0.29) is 21.8 Å². The topological polar surface area (TPSA) is 86.5 Å². The van der Waals surface area contributed by atoms with Crippen LogP contribution < -0.4 is 0 Å². The predicted molar refractivity (Wildman–Crippen MR) is 84.2 cm³/mol. The molecule has 0 heterocycles. The van der Waals surface area contributed by atoms with Gasteiger partial charge in [0.1, 0.15) is 5.56 Å². The fraction of sp³-hybridized carbons (Fsp3) is 0.0667. The maximum Gasteiger partial charge on any atom is 0.345 e. The largest absolute Gasteiger partial charge is 0.454 e. The maximum atomic E-state index is 11.9. The number of nitro benzene ring substituents is 1. The van der Waals surface area contributed by atoms with Gasteiger partial charge in [-0.1, -0.05) is 35.3 Å². The second kappa shape index (κ2) is 7.21. The Morgan fingerprint density at radius 2 is 1.78 bits per heavy atom. The van der Waals surface area contributed by atoms with Crippen LogP contribution >= 0.6 is 23.2 Å². The number of nitro groups is 1. The fourth-order valence-corrected chi connectivity index (χ4v) is 2.07. The molecule has 6 nitrogen and oxygen atoms in total. The number of para-hydroxylation sites is 1. The number of rotatable bonds is 5. The number of Topliss-reactive ketones (excluding diaryl/α,β-unsaturated/α-hetero) is 1. The van der Waals surface area contributed by atoms with Crippen molar-refractivity contribution in [2.75, 3.05) is 6.61 Å². The summed E-state index contributed by atoms with van der Waals surface area (Å²) >= 11 is 11.6. The predicted octanol–water partition coefficient (Wildman–Crippen LogP) is 3.94. The Labute approximate surface area is 140 Å². The van der Waals surface area contributed by atoms with Crippen molar-refractivity contribution in [3.63, 3.8) is 0 Å². The Balaban J connectivity index is 2.08. The zero-order chi connectivity index (χ0) is 17.0. The first-order valence-corrected chi connectivity index (χ1v) is 7.04. The molecule has 8 heteroatoms. The van der Waals surface area contributed by atoms with Crippen LogP contribution in [-0.2, 0) is 4.74 Å². The van der Waals surface area contributed by atoms with Crippen molar-refractivity contribution in [1.82, 2.24) is 0 Å². The molecule has 0 bridgehead atoms. The van der Waals surface area contributed by atoms with Gasteiger partial charge in [0.05, 0.1) is 15.0 Å². The maximum absolute atomic E-state index is 11.9. The molecule has 0 unspecified atom stereocenters. The Bertz CT molecular complexity index is 791. The summed E-state index contributed by atoms with van der Waals surface area (Å²) in [7, 11) is 0. The van der Waals surface area contributed by atoms with Gasteiger partial charge >= 0.3 is 5.97 Å². The molecule has 0 saturated heterocycles. The lowest BCUT2D eigenvalue weighted by Crippen LogP contribution is -2.15. The molecule has 0 radical (unpaired) electrons. The molecule has 0 amide bonds. The van der Waals surface area contributed by atoms with Crippen molar-refractivity contribution < 1.29 is 19.2 Å².